The molecule has 5 heteroatoms. The molecule has 2 aliphatic rings. The fourth-order valence-electron chi connectivity index (χ4n) is 5.32. The van der Waals surface area contributed by atoms with Gasteiger partial charge in [0.25, 0.3) is 0 Å². The van der Waals surface area contributed by atoms with Crippen LogP contribution in [0.15, 0.2) is 42.5 Å². The molecule has 1 amide bonds. The number of halogens is 2. The van der Waals surface area contributed by atoms with Gasteiger partial charge in [0.05, 0.1) is 5.41 Å². The second kappa shape index (κ2) is 6.72. The molecule has 1 aliphatic heterocycles. The van der Waals surface area contributed by atoms with Gasteiger partial charge in [0.2, 0.25) is 5.91 Å². The highest BCUT2D eigenvalue weighted by atomic mass is 35.5. The van der Waals surface area contributed by atoms with Crippen LogP contribution in [0.2, 0.25) is 10.0 Å². The van der Waals surface area contributed by atoms with Crippen LogP contribution in [0, 0.1) is 11.3 Å². The summed E-state index contributed by atoms with van der Waals surface area (Å²) in [5.41, 5.74) is 1.81. The molecule has 1 saturated heterocycles. The normalized spacial score (nSPS) is 32.8. The van der Waals surface area contributed by atoms with Crippen molar-refractivity contribution < 1.29 is 9.90 Å². The maximum atomic E-state index is 12.7. The molecule has 2 N–H and O–H groups in total. The lowest BCUT2D eigenvalue weighted by atomic mass is 9.56. The molecule has 27 heavy (non-hydrogen) atoms. The number of hydrogen-bond acceptors (Lipinski definition) is 2. The molecule has 142 valence electrons. The van der Waals surface area contributed by atoms with Crippen LogP contribution in [-0.2, 0) is 4.79 Å². The van der Waals surface area contributed by atoms with E-state index in [-0.39, 0.29) is 35.5 Å². The summed E-state index contributed by atoms with van der Waals surface area (Å²) >= 11 is 12.7. The number of carbonyl (C=O) groups is 1. The molecule has 1 heterocycles. The standard InChI is InChI=1S/C22H23Cl2NO2/c1-12-20-19(13-3-6-15(26)7-4-13)17(9-10-22(20,2)21(27)25-12)16-8-5-14(23)11-18(16)24/h3-8,11-12,17,19-20,26H,9-10H2,1-2H3,(H,25,27). The summed E-state index contributed by atoms with van der Waals surface area (Å²) in [6.07, 6.45) is 1.70. The predicted octanol–water partition coefficient (Wildman–Crippen LogP) is 5.50. The molecule has 0 spiro atoms. The Hall–Kier alpha value is -1.71. The van der Waals surface area contributed by atoms with Gasteiger partial charge in [-0.2, -0.15) is 0 Å². The first-order valence-electron chi connectivity index (χ1n) is 9.36. The van der Waals surface area contributed by atoms with E-state index in [1.165, 1.54) is 0 Å². The third kappa shape index (κ3) is 3.01. The fourth-order valence-corrected chi connectivity index (χ4v) is 5.87. The van der Waals surface area contributed by atoms with E-state index in [2.05, 4.69) is 19.2 Å². The van der Waals surface area contributed by atoms with Gasteiger partial charge in [-0.1, -0.05) is 48.3 Å². The highest BCUT2D eigenvalue weighted by molar-refractivity contribution is 6.35. The maximum absolute atomic E-state index is 12.7. The molecule has 2 aromatic carbocycles. The quantitative estimate of drug-likeness (QED) is 0.694. The van der Waals surface area contributed by atoms with E-state index in [1.807, 2.05) is 24.3 Å². The van der Waals surface area contributed by atoms with Gasteiger partial charge in [0.1, 0.15) is 5.75 Å². The van der Waals surface area contributed by atoms with Crippen LogP contribution < -0.4 is 5.32 Å². The Bertz CT molecular complexity index is 882. The van der Waals surface area contributed by atoms with Crippen molar-refractivity contribution in [3.8, 4) is 5.75 Å². The third-order valence-corrected chi connectivity index (χ3v) is 7.15. The second-order valence-corrected chi connectivity index (χ2v) is 8.98. The zero-order valence-corrected chi connectivity index (χ0v) is 16.9. The lowest BCUT2D eigenvalue weighted by molar-refractivity contribution is -0.129. The van der Waals surface area contributed by atoms with Crippen molar-refractivity contribution in [1.82, 2.24) is 5.32 Å². The Kier molecular flexibility index (Phi) is 4.64. The van der Waals surface area contributed by atoms with Gasteiger partial charge >= 0.3 is 0 Å². The molecule has 4 rings (SSSR count). The van der Waals surface area contributed by atoms with Crippen LogP contribution in [0.3, 0.4) is 0 Å². The number of aromatic hydroxyl groups is 1. The molecule has 3 nitrogen and oxygen atoms in total. The predicted molar refractivity (Wildman–Crippen MR) is 108 cm³/mol. The number of benzene rings is 2. The van der Waals surface area contributed by atoms with Crippen molar-refractivity contribution >= 4 is 29.1 Å². The highest BCUT2D eigenvalue weighted by Crippen LogP contribution is 2.59. The Morgan fingerprint density at radius 3 is 2.52 bits per heavy atom. The van der Waals surface area contributed by atoms with Crippen molar-refractivity contribution in [3.05, 3.63) is 63.6 Å². The van der Waals surface area contributed by atoms with Crippen LogP contribution in [0.1, 0.15) is 49.7 Å². The molecule has 1 saturated carbocycles. The number of rotatable bonds is 2. The van der Waals surface area contributed by atoms with Gasteiger partial charge in [0.15, 0.2) is 0 Å². The number of hydrogen-bond donors (Lipinski definition) is 2. The monoisotopic (exact) mass is 403 g/mol. The number of phenolic OH excluding ortho intramolecular Hbond substituents is 1. The summed E-state index contributed by atoms with van der Waals surface area (Å²) in [5, 5.41) is 14.2. The molecule has 5 unspecified atom stereocenters. The van der Waals surface area contributed by atoms with Crippen LogP contribution in [0.25, 0.3) is 0 Å². The number of phenols is 1. The van der Waals surface area contributed by atoms with E-state index < -0.39 is 5.41 Å². The summed E-state index contributed by atoms with van der Waals surface area (Å²) in [7, 11) is 0. The summed E-state index contributed by atoms with van der Waals surface area (Å²) in [6, 6.07) is 13.1. The van der Waals surface area contributed by atoms with E-state index in [0.717, 1.165) is 24.0 Å². The fraction of sp³-hybridized carbons (Fsp3) is 0.409. The summed E-state index contributed by atoms with van der Waals surface area (Å²) < 4.78 is 0. The van der Waals surface area contributed by atoms with Crippen molar-refractivity contribution in [1.29, 1.82) is 0 Å². The largest absolute Gasteiger partial charge is 0.508 e. The Morgan fingerprint density at radius 2 is 1.85 bits per heavy atom. The molecule has 1 aliphatic carbocycles. The summed E-state index contributed by atoms with van der Waals surface area (Å²) in [6.45, 7) is 4.18. The highest BCUT2D eigenvalue weighted by Gasteiger charge is 2.57. The van der Waals surface area contributed by atoms with Gasteiger partial charge in [-0.05, 0) is 67.0 Å². The average Bonchev–Trinajstić information content (AvgIpc) is 2.85. The Morgan fingerprint density at radius 1 is 1.15 bits per heavy atom. The first kappa shape index (κ1) is 18.6. The number of amides is 1. The maximum Gasteiger partial charge on any atom is 0.226 e. The van der Waals surface area contributed by atoms with Crippen LogP contribution in [0.4, 0.5) is 0 Å². The average molecular weight is 404 g/mol. The van der Waals surface area contributed by atoms with Crippen molar-refractivity contribution in [3.63, 3.8) is 0 Å². The van der Waals surface area contributed by atoms with E-state index in [9.17, 15) is 9.90 Å². The van der Waals surface area contributed by atoms with Gasteiger partial charge in [0, 0.05) is 22.0 Å². The molecular weight excluding hydrogens is 381 g/mol. The Labute approximate surface area is 169 Å². The molecule has 0 radical (unpaired) electrons. The zero-order valence-electron chi connectivity index (χ0n) is 15.4. The van der Waals surface area contributed by atoms with Crippen molar-refractivity contribution in [2.45, 2.75) is 44.6 Å². The molecule has 0 aromatic heterocycles. The third-order valence-electron chi connectivity index (χ3n) is 6.59. The Balaban J connectivity index is 1.85. The lowest BCUT2D eigenvalue weighted by Gasteiger charge is -2.46. The lowest BCUT2D eigenvalue weighted by Crippen LogP contribution is -2.42. The summed E-state index contributed by atoms with van der Waals surface area (Å²) in [4.78, 5) is 12.7. The molecular formula is C22H23Cl2NO2. The van der Waals surface area contributed by atoms with E-state index in [1.54, 1.807) is 18.2 Å². The SMILES string of the molecule is CC1NC(=O)C2(C)CCC(c3ccc(Cl)cc3Cl)C(c3ccc(O)cc3)C12. The van der Waals surface area contributed by atoms with Crippen LogP contribution >= 0.6 is 23.2 Å². The first-order valence-corrected chi connectivity index (χ1v) is 10.1. The minimum atomic E-state index is -0.391. The van der Waals surface area contributed by atoms with Gasteiger partial charge < -0.3 is 10.4 Å². The van der Waals surface area contributed by atoms with Gasteiger partial charge in [-0.15, -0.1) is 0 Å². The minimum absolute atomic E-state index is 0.0789. The van der Waals surface area contributed by atoms with Crippen LogP contribution in [-0.4, -0.2) is 17.1 Å². The number of nitrogens with one attached hydrogen (secondary N) is 1. The van der Waals surface area contributed by atoms with E-state index >= 15 is 0 Å². The molecule has 2 aromatic rings. The van der Waals surface area contributed by atoms with Gasteiger partial charge in [-0.3, -0.25) is 4.79 Å². The molecule has 5 atom stereocenters. The molecule has 0 bridgehead atoms. The first-order chi connectivity index (χ1) is 12.8. The summed E-state index contributed by atoms with van der Waals surface area (Å²) in [5.74, 6) is 0.848. The van der Waals surface area contributed by atoms with Crippen molar-refractivity contribution in [2.75, 3.05) is 0 Å². The van der Waals surface area contributed by atoms with E-state index in [4.69, 9.17) is 23.2 Å². The van der Waals surface area contributed by atoms with Crippen LogP contribution in [0.5, 0.6) is 5.75 Å². The smallest absolute Gasteiger partial charge is 0.226 e. The van der Waals surface area contributed by atoms with Gasteiger partial charge in [-0.25, -0.2) is 0 Å². The topological polar surface area (TPSA) is 49.3 Å². The number of fused-ring (bicyclic) bond motifs is 1. The molecule has 2 fully saturated rings. The minimum Gasteiger partial charge on any atom is -0.508 e. The second-order valence-electron chi connectivity index (χ2n) is 8.13. The number of carbonyl (C=O) groups excluding carboxylic acids is 1. The zero-order chi connectivity index (χ0) is 19.3. The van der Waals surface area contributed by atoms with Crippen molar-refractivity contribution in [2.24, 2.45) is 11.3 Å². The van der Waals surface area contributed by atoms with E-state index in [0.29, 0.717) is 10.0 Å².